The molecule has 1 aliphatic heterocycles. The minimum Gasteiger partial charge on any atom is -0.339 e. The summed E-state index contributed by atoms with van der Waals surface area (Å²) < 4.78 is 5.46. The number of hydrogen-bond donors (Lipinski definition) is 0. The van der Waals surface area contributed by atoms with E-state index in [-0.39, 0.29) is 11.8 Å². The van der Waals surface area contributed by atoms with Crippen LogP contribution in [-0.2, 0) is 0 Å². The molecule has 1 atom stereocenters. The van der Waals surface area contributed by atoms with Gasteiger partial charge in [-0.3, -0.25) is 14.8 Å². The third-order valence-electron chi connectivity index (χ3n) is 4.35. The highest BCUT2D eigenvalue weighted by Gasteiger charge is 2.29. The lowest BCUT2D eigenvalue weighted by molar-refractivity contribution is 0.0695. The molecule has 1 amide bonds. The Morgan fingerprint density at radius 3 is 2.84 bits per heavy atom. The Balaban J connectivity index is 1.50. The summed E-state index contributed by atoms with van der Waals surface area (Å²) in [6.45, 7) is 1.32. The van der Waals surface area contributed by atoms with Gasteiger partial charge in [-0.05, 0) is 37.1 Å². The topological polar surface area (TPSA) is 85.0 Å². The van der Waals surface area contributed by atoms with Gasteiger partial charge >= 0.3 is 0 Å². The van der Waals surface area contributed by atoms with Gasteiger partial charge < -0.3 is 9.42 Å². The normalized spacial score (nSPS) is 17.4. The van der Waals surface area contributed by atoms with Gasteiger partial charge in [-0.2, -0.15) is 4.98 Å². The number of likely N-dealkylation sites (tertiary alicyclic amines) is 1. The highest BCUT2D eigenvalue weighted by Crippen LogP contribution is 2.28. The second-order valence-corrected chi connectivity index (χ2v) is 6.02. The van der Waals surface area contributed by atoms with Crippen LogP contribution in [0.15, 0.2) is 53.6 Å². The first-order valence-corrected chi connectivity index (χ1v) is 8.24. The van der Waals surface area contributed by atoms with E-state index in [1.807, 2.05) is 17.0 Å². The zero-order valence-electron chi connectivity index (χ0n) is 13.6. The molecule has 7 heteroatoms. The summed E-state index contributed by atoms with van der Waals surface area (Å²) in [7, 11) is 0. The molecule has 4 rings (SSSR count). The maximum atomic E-state index is 12.6. The maximum Gasteiger partial charge on any atom is 0.253 e. The molecule has 0 spiro atoms. The summed E-state index contributed by atoms with van der Waals surface area (Å²) in [5.74, 6) is 1.17. The minimum atomic E-state index is 0.0131. The smallest absolute Gasteiger partial charge is 0.253 e. The van der Waals surface area contributed by atoms with Crippen LogP contribution in [0.1, 0.15) is 35.0 Å². The van der Waals surface area contributed by atoms with Crippen molar-refractivity contribution >= 4 is 5.91 Å². The third kappa shape index (κ3) is 3.26. The summed E-state index contributed by atoms with van der Waals surface area (Å²) in [4.78, 5) is 27.0. The molecule has 4 heterocycles. The molecule has 0 bridgehead atoms. The molecule has 0 aromatic carbocycles. The Morgan fingerprint density at radius 1 is 1.16 bits per heavy atom. The average Bonchev–Trinajstić information content (AvgIpc) is 3.19. The van der Waals surface area contributed by atoms with Gasteiger partial charge in [0.05, 0.1) is 5.92 Å². The first-order valence-electron chi connectivity index (χ1n) is 8.24. The van der Waals surface area contributed by atoms with Crippen molar-refractivity contribution in [2.24, 2.45) is 0 Å². The highest BCUT2D eigenvalue weighted by molar-refractivity contribution is 5.94. The van der Waals surface area contributed by atoms with Crippen LogP contribution >= 0.6 is 0 Å². The zero-order chi connectivity index (χ0) is 17.1. The molecule has 1 aliphatic rings. The number of piperidine rings is 1. The van der Waals surface area contributed by atoms with Crippen LogP contribution in [0, 0.1) is 0 Å². The number of pyridine rings is 2. The van der Waals surface area contributed by atoms with Crippen molar-refractivity contribution in [2.75, 3.05) is 13.1 Å². The van der Waals surface area contributed by atoms with Gasteiger partial charge in [0.2, 0.25) is 11.7 Å². The molecule has 0 N–H and O–H groups in total. The minimum absolute atomic E-state index is 0.0131. The Bertz CT molecular complexity index is 850. The van der Waals surface area contributed by atoms with Gasteiger partial charge in [-0.1, -0.05) is 5.16 Å². The largest absolute Gasteiger partial charge is 0.339 e. The van der Waals surface area contributed by atoms with E-state index in [2.05, 4.69) is 20.1 Å². The lowest BCUT2D eigenvalue weighted by atomic mass is 9.97. The predicted octanol–water partition coefficient (Wildman–Crippen LogP) is 2.55. The number of carbonyl (C=O) groups is 1. The van der Waals surface area contributed by atoms with Crippen LogP contribution in [-0.4, -0.2) is 44.0 Å². The SMILES string of the molecule is O=C(c1ccncc1)N1CCC[C@@H](c2nc(-c3cccnc3)no2)C1. The molecule has 126 valence electrons. The molecular weight excluding hydrogens is 318 g/mol. The molecule has 1 saturated heterocycles. The summed E-state index contributed by atoms with van der Waals surface area (Å²) in [6, 6.07) is 7.20. The molecule has 25 heavy (non-hydrogen) atoms. The number of rotatable bonds is 3. The van der Waals surface area contributed by atoms with E-state index in [0.717, 1.165) is 24.9 Å². The van der Waals surface area contributed by atoms with Crippen molar-refractivity contribution in [2.45, 2.75) is 18.8 Å². The zero-order valence-corrected chi connectivity index (χ0v) is 13.6. The second-order valence-electron chi connectivity index (χ2n) is 6.02. The number of nitrogens with zero attached hydrogens (tertiary/aromatic N) is 5. The summed E-state index contributed by atoms with van der Waals surface area (Å²) in [5, 5.41) is 4.05. The number of carbonyl (C=O) groups excluding carboxylic acids is 1. The monoisotopic (exact) mass is 335 g/mol. The number of aromatic nitrogens is 4. The molecule has 3 aromatic heterocycles. The Labute approximate surface area is 144 Å². The van der Waals surface area contributed by atoms with E-state index >= 15 is 0 Å². The van der Waals surface area contributed by atoms with Gasteiger partial charge in [0, 0.05) is 49.0 Å². The molecule has 7 nitrogen and oxygen atoms in total. The van der Waals surface area contributed by atoms with E-state index < -0.39 is 0 Å². The van der Waals surface area contributed by atoms with Crippen LogP contribution < -0.4 is 0 Å². The van der Waals surface area contributed by atoms with Crippen LogP contribution in [0.25, 0.3) is 11.4 Å². The summed E-state index contributed by atoms with van der Waals surface area (Å²) in [6.07, 6.45) is 8.50. The van der Waals surface area contributed by atoms with E-state index in [0.29, 0.717) is 23.8 Å². The van der Waals surface area contributed by atoms with E-state index in [9.17, 15) is 4.79 Å². The molecule has 0 radical (unpaired) electrons. The van der Waals surface area contributed by atoms with E-state index in [1.165, 1.54) is 0 Å². The van der Waals surface area contributed by atoms with Crippen molar-refractivity contribution in [3.63, 3.8) is 0 Å². The molecule has 0 unspecified atom stereocenters. The first kappa shape index (κ1) is 15.4. The first-order chi connectivity index (χ1) is 12.3. The van der Waals surface area contributed by atoms with E-state index in [1.54, 1.807) is 36.9 Å². The van der Waals surface area contributed by atoms with Crippen molar-refractivity contribution in [1.29, 1.82) is 0 Å². The van der Waals surface area contributed by atoms with Gasteiger partial charge in [-0.25, -0.2) is 0 Å². The van der Waals surface area contributed by atoms with Gasteiger partial charge in [-0.15, -0.1) is 0 Å². The van der Waals surface area contributed by atoms with E-state index in [4.69, 9.17) is 4.52 Å². The van der Waals surface area contributed by atoms with Crippen LogP contribution in [0.4, 0.5) is 0 Å². The Morgan fingerprint density at radius 2 is 2.04 bits per heavy atom. The molecule has 1 fully saturated rings. The average molecular weight is 335 g/mol. The second kappa shape index (κ2) is 6.80. The lowest BCUT2D eigenvalue weighted by Crippen LogP contribution is -2.39. The van der Waals surface area contributed by atoms with Gasteiger partial charge in [0.1, 0.15) is 0 Å². The summed E-state index contributed by atoms with van der Waals surface area (Å²) in [5.41, 5.74) is 1.47. The quantitative estimate of drug-likeness (QED) is 0.731. The number of amides is 1. The fourth-order valence-corrected chi connectivity index (χ4v) is 3.05. The standard InChI is InChI=1S/C18H17N5O2/c24-18(13-5-8-19-9-6-13)23-10-2-4-15(12-23)17-21-16(22-25-17)14-3-1-7-20-11-14/h1,3,5-9,11,15H,2,4,10,12H2/t15-/m1/s1. The van der Waals surface area contributed by atoms with Crippen LogP contribution in [0.3, 0.4) is 0 Å². The molecule has 0 aliphatic carbocycles. The van der Waals surface area contributed by atoms with Crippen LogP contribution in [0.2, 0.25) is 0 Å². The van der Waals surface area contributed by atoms with Crippen molar-refractivity contribution in [1.82, 2.24) is 25.0 Å². The fourth-order valence-electron chi connectivity index (χ4n) is 3.05. The molecule has 0 saturated carbocycles. The fraction of sp³-hybridized carbons (Fsp3) is 0.278. The van der Waals surface area contributed by atoms with Gasteiger partial charge in [0.15, 0.2) is 0 Å². The maximum absolute atomic E-state index is 12.6. The number of hydrogen-bond acceptors (Lipinski definition) is 6. The lowest BCUT2D eigenvalue weighted by Gasteiger charge is -2.31. The third-order valence-corrected chi connectivity index (χ3v) is 4.35. The Kier molecular flexibility index (Phi) is 4.20. The Hall–Kier alpha value is -3.09. The predicted molar refractivity (Wildman–Crippen MR) is 89.6 cm³/mol. The van der Waals surface area contributed by atoms with Crippen LogP contribution in [0.5, 0.6) is 0 Å². The van der Waals surface area contributed by atoms with Crippen molar-refractivity contribution < 1.29 is 9.32 Å². The van der Waals surface area contributed by atoms with Crippen molar-refractivity contribution in [3.05, 3.63) is 60.5 Å². The highest BCUT2D eigenvalue weighted by atomic mass is 16.5. The van der Waals surface area contributed by atoms with Gasteiger partial charge in [0.25, 0.3) is 5.91 Å². The molecular formula is C18H17N5O2. The summed E-state index contributed by atoms with van der Waals surface area (Å²) >= 11 is 0. The van der Waals surface area contributed by atoms with Crippen molar-refractivity contribution in [3.8, 4) is 11.4 Å². The molecule has 3 aromatic rings.